The Morgan fingerprint density at radius 3 is 2.67 bits per heavy atom. The van der Waals surface area contributed by atoms with Gasteiger partial charge in [-0.05, 0) is 13.8 Å². The van der Waals surface area contributed by atoms with Crippen molar-refractivity contribution in [3.63, 3.8) is 0 Å². The summed E-state index contributed by atoms with van der Waals surface area (Å²) in [6.45, 7) is 10.5. The Hall–Kier alpha value is -1.43. The van der Waals surface area contributed by atoms with E-state index in [4.69, 9.17) is 0 Å². The van der Waals surface area contributed by atoms with Crippen LogP contribution in [0.2, 0.25) is 0 Å². The number of hydrogen-bond acceptors (Lipinski definition) is 4. The minimum absolute atomic E-state index is 0.0771. The van der Waals surface area contributed by atoms with Crippen LogP contribution in [-0.2, 0) is 17.9 Å². The fraction of sp³-hybridized carbons (Fsp3) is 0.750. The van der Waals surface area contributed by atoms with Crippen LogP contribution in [0.5, 0.6) is 0 Å². The van der Waals surface area contributed by atoms with Crippen molar-refractivity contribution in [3.8, 4) is 0 Å². The average Bonchev–Trinajstić information content (AvgIpc) is 2.75. The highest BCUT2D eigenvalue weighted by atomic mass is 16.2. The molecular weight excluding hydrogens is 230 g/mol. The second-order valence-corrected chi connectivity index (χ2v) is 4.51. The molecule has 1 heterocycles. The van der Waals surface area contributed by atoms with E-state index in [1.165, 1.54) is 0 Å². The molecule has 1 N–H and O–H groups in total. The first-order valence-electron chi connectivity index (χ1n) is 6.47. The second kappa shape index (κ2) is 7.10. The van der Waals surface area contributed by atoms with Gasteiger partial charge in [-0.15, -0.1) is 5.10 Å². The van der Waals surface area contributed by atoms with Crippen LogP contribution < -0.4 is 5.32 Å². The third-order valence-electron chi connectivity index (χ3n) is 2.69. The molecule has 0 radical (unpaired) electrons. The highest BCUT2D eigenvalue weighted by Crippen LogP contribution is 1.97. The van der Waals surface area contributed by atoms with Gasteiger partial charge in [0.25, 0.3) is 0 Å². The maximum absolute atomic E-state index is 11.9. The number of hydrogen-bond donors (Lipinski definition) is 1. The maximum Gasteiger partial charge on any atom is 0.244 e. The minimum atomic E-state index is 0.0771. The van der Waals surface area contributed by atoms with Crippen molar-refractivity contribution in [2.45, 2.75) is 46.8 Å². The fourth-order valence-electron chi connectivity index (χ4n) is 1.62. The number of carbonyl (C=O) groups excluding carboxylic acids is 1. The molecule has 0 aliphatic carbocycles. The summed E-state index contributed by atoms with van der Waals surface area (Å²) < 4.78 is 1.60. The molecule has 0 fully saturated rings. The minimum Gasteiger partial charge on any atom is -0.342 e. The fourth-order valence-corrected chi connectivity index (χ4v) is 1.62. The molecular formula is C12H23N5O. The number of likely N-dealkylation sites (N-methyl/N-ethyl adjacent to an activating group) is 1. The predicted octanol–water partition coefficient (Wildman–Crippen LogP) is 0.644. The molecule has 1 aromatic rings. The van der Waals surface area contributed by atoms with Crippen LogP contribution in [0, 0.1) is 0 Å². The SMILES string of the molecule is CCN(CC)C(=O)Cn1cc(CNC(C)C)nn1. The molecule has 1 rings (SSSR count). The van der Waals surface area contributed by atoms with E-state index in [9.17, 15) is 4.79 Å². The van der Waals surface area contributed by atoms with E-state index in [1.54, 1.807) is 9.58 Å². The van der Waals surface area contributed by atoms with Crippen LogP contribution in [0.3, 0.4) is 0 Å². The van der Waals surface area contributed by atoms with Crippen LogP contribution in [0.15, 0.2) is 6.20 Å². The largest absolute Gasteiger partial charge is 0.342 e. The van der Waals surface area contributed by atoms with Gasteiger partial charge in [-0.25, -0.2) is 4.68 Å². The van der Waals surface area contributed by atoms with Crippen LogP contribution >= 0.6 is 0 Å². The molecule has 0 bridgehead atoms. The summed E-state index contributed by atoms with van der Waals surface area (Å²) in [5.74, 6) is 0.0771. The Bertz CT molecular complexity index is 370. The summed E-state index contributed by atoms with van der Waals surface area (Å²) in [6, 6.07) is 0.410. The number of carbonyl (C=O) groups is 1. The first-order chi connectivity index (χ1) is 8.56. The lowest BCUT2D eigenvalue weighted by Crippen LogP contribution is -2.33. The van der Waals surface area contributed by atoms with Gasteiger partial charge in [-0.3, -0.25) is 4.79 Å². The molecule has 0 spiro atoms. The zero-order valence-corrected chi connectivity index (χ0v) is 11.7. The number of nitrogens with one attached hydrogen (secondary N) is 1. The van der Waals surface area contributed by atoms with Crippen LogP contribution in [0.1, 0.15) is 33.4 Å². The molecule has 102 valence electrons. The van der Waals surface area contributed by atoms with Crippen LogP contribution in [0.4, 0.5) is 0 Å². The molecule has 1 aromatic heterocycles. The summed E-state index contributed by atoms with van der Waals surface area (Å²) in [5, 5.41) is 11.3. The zero-order chi connectivity index (χ0) is 13.5. The Morgan fingerprint density at radius 2 is 2.11 bits per heavy atom. The van der Waals surface area contributed by atoms with Crippen molar-refractivity contribution in [2.75, 3.05) is 13.1 Å². The summed E-state index contributed by atoms with van der Waals surface area (Å²) in [4.78, 5) is 13.7. The number of aromatic nitrogens is 3. The van der Waals surface area contributed by atoms with E-state index in [1.807, 2.05) is 20.0 Å². The highest BCUT2D eigenvalue weighted by Gasteiger charge is 2.11. The molecule has 6 nitrogen and oxygen atoms in total. The quantitative estimate of drug-likeness (QED) is 0.775. The van der Waals surface area contributed by atoms with Crippen molar-refractivity contribution in [3.05, 3.63) is 11.9 Å². The molecule has 0 aliphatic heterocycles. The molecule has 0 aliphatic rings. The summed E-state index contributed by atoms with van der Waals surface area (Å²) in [7, 11) is 0. The number of amides is 1. The van der Waals surface area contributed by atoms with Gasteiger partial charge < -0.3 is 10.2 Å². The molecule has 0 saturated heterocycles. The molecule has 0 aromatic carbocycles. The van der Waals surface area contributed by atoms with Crippen molar-refractivity contribution in [1.82, 2.24) is 25.2 Å². The van der Waals surface area contributed by atoms with Gasteiger partial charge in [0.05, 0.1) is 11.9 Å². The van der Waals surface area contributed by atoms with Gasteiger partial charge >= 0.3 is 0 Å². The Balaban J connectivity index is 2.50. The lowest BCUT2D eigenvalue weighted by molar-refractivity contribution is -0.131. The summed E-state index contributed by atoms with van der Waals surface area (Å²) in [5.41, 5.74) is 0.857. The molecule has 6 heteroatoms. The van der Waals surface area contributed by atoms with E-state index >= 15 is 0 Å². The molecule has 1 amide bonds. The first-order valence-corrected chi connectivity index (χ1v) is 6.47. The molecule has 0 unspecified atom stereocenters. The third-order valence-corrected chi connectivity index (χ3v) is 2.69. The summed E-state index contributed by atoms with van der Waals surface area (Å²) in [6.07, 6.45) is 1.82. The Morgan fingerprint density at radius 1 is 1.44 bits per heavy atom. The van der Waals surface area contributed by atoms with Crippen molar-refractivity contribution >= 4 is 5.91 Å². The molecule has 18 heavy (non-hydrogen) atoms. The molecule has 0 saturated carbocycles. The van der Waals surface area contributed by atoms with E-state index in [2.05, 4.69) is 29.5 Å². The van der Waals surface area contributed by atoms with Gasteiger partial charge in [0, 0.05) is 25.7 Å². The lowest BCUT2D eigenvalue weighted by Gasteiger charge is -2.17. The van der Waals surface area contributed by atoms with E-state index in [-0.39, 0.29) is 12.5 Å². The predicted molar refractivity (Wildman–Crippen MR) is 69.9 cm³/mol. The normalized spacial score (nSPS) is 10.9. The first kappa shape index (κ1) is 14.6. The van der Waals surface area contributed by atoms with Crippen molar-refractivity contribution in [1.29, 1.82) is 0 Å². The monoisotopic (exact) mass is 253 g/mol. The molecule has 0 atom stereocenters. The lowest BCUT2D eigenvalue weighted by atomic mass is 10.3. The van der Waals surface area contributed by atoms with Gasteiger partial charge in [-0.1, -0.05) is 19.1 Å². The standard InChI is InChI=1S/C12H23N5O/c1-5-16(6-2)12(18)9-17-8-11(14-15-17)7-13-10(3)4/h8,10,13H,5-7,9H2,1-4H3. The highest BCUT2D eigenvalue weighted by molar-refractivity contribution is 5.75. The smallest absolute Gasteiger partial charge is 0.244 e. The van der Waals surface area contributed by atoms with E-state index in [0.717, 1.165) is 18.8 Å². The van der Waals surface area contributed by atoms with Gasteiger partial charge in [-0.2, -0.15) is 0 Å². The topological polar surface area (TPSA) is 63.1 Å². The van der Waals surface area contributed by atoms with Gasteiger partial charge in [0.2, 0.25) is 5.91 Å². The zero-order valence-electron chi connectivity index (χ0n) is 11.7. The van der Waals surface area contributed by atoms with Crippen LogP contribution in [-0.4, -0.2) is 44.9 Å². The second-order valence-electron chi connectivity index (χ2n) is 4.51. The van der Waals surface area contributed by atoms with Crippen molar-refractivity contribution in [2.24, 2.45) is 0 Å². The van der Waals surface area contributed by atoms with Gasteiger partial charge in [0.1, 0.15) is 6.54 Å². The van der Waals surface area contributed by atoms with Crippen LogP contribution in [0.25, 0.3) is 0 Å². The van der Waals surface area contributed by atoms with E-state index in [0.29, 0.717) is 12.6 Å². The van der Waals surface area contributed by atoms with E-state index < -0.39 is 0 Å². The average molecular weight is 253 g/mol. The number of nitrogens with zero attached hydrogens (tertiary/aromatic N) is 4. The third kappa shape index (κ3) is 4.44. The van der Waals surface area contributed by atoms with Crippen molar-refractivity contribution < 1.29 is 4.79 Å². The van der Waals surface area contributed by atoms with Gasteiger partial charge in [0.15, 0.2) is 0 Å². The summed E-state index contributed by atoms with van der Waals surface area (Å²) >= 11 is 0. The Labute approximate surface area is 108 Å². The maximum atomic E-state index is 11.9. The Kier molecular flexibility index (Phi) is 5.77. The number of rotatable bonds is 7.